The molecule has 2 heterocycles. The summed E-state index contributed by atoms with van der Waals surface area (Å²) in [5, 5.41) is 4.33. The van der Waals surface area contributed by atoms with E-state index < -0.39 is 11.5 Å². The van der Waals surface area contributed by atoms with Crippen LogP contribution in [-0.4, -0.2) is 40.6 Å². The van der Waals surface area contributed by atoms with Gasteiger partial charge in [-0.15, -0.1) is 0 Å². The van der Waals surface area contributed by atoms with Gasteiger partial charge in [0.2, 0.25) is 5.71 Å². The van der Waals surface area contributed by atoms with Crippen molar-refractivity contribution < 1.29 is 18.8 Å². The minimum absolute atomic E-state index is 0.00126. The highest BCUT2D eigenvalue weighted by atomic mass is 35.5. The molecule has 1 saturated heterocycles. The van der Waals surface area contributed by atoms with Crippen LogP contribution in [0.2, 0.25) is 5.02 Å². The summed E-state index contributed by atoms with van der Waals surface area (Å²) < 4.78 is 5.65. The standard InChI is InChI=1S/C19H22ClN3O4/c1-19(2,3)16(24)15(22-27-18(25)23-9-5-4-6-10-23)17-21-13-8-7-12(20)11-14(13)26-17/h7-8,11H,4-6,9-10H2,1-3H3. The van der Waals surface area contributed by atoms with Crippen molar-refractivity contribution in [2.75, 3.05) is 13.1 Å². The highest BCUT2D eigenvalue weighted by molar-refractivity contribution is 6.46. The smallest absolute Gasteiger partial charge is 0.434 e. The van der Waals surface area contributed by atoms with Crippen LogP contribution >= 0.6 is 11.6 Å². The molecule has 0 N–H and O–H groups in total. The van der Waals surface area contributed by atoms with Gasteiger partial charge >= 0.3 is 6.09 Å². The number of ketones is 1. The highest BCUT2D eigenvalue weighted by Gasteiger charge is 2.32. The fourth-order valence-electron chi connectivity index (χ4n) is 2.75. The first-order chi connectivity index (χ1) is 12.8. The summed E-state index contributed by atoms with van der Waals surface area (Å²) in [7, 11) is 0. The molecule has 7 nitrogen and oxygen atoms in total. The number of hydrogen-bond acceptors (Lipinski definition) is 6. The number of oxime groups is 1. The van der Waals surface area contributed by atoms with Gasteiger partial charge in [-0.1, -0.05) is 37.5 Å². The summed E-state index contributed by atoms with van der Waals surface area (Å²) >= 11 is 5.97. The molecule has 1 fully saturated rings. The molecule has 0 bridgehead atoms. The summed E-state index contributed by atoms with van der Waals surface area (Å²) in [6.07, 6.45) is 2.37. The summed E-state index contributed by atoms with van der Waals surface area (Å²) in [6.45, 7) is 6.49. The zero-order chi connectivity index (χ0) is 19.6. The van der Waals surface area contributed by atoms with E-state index in [4.69, 9.17) is 20.9 Å². The van der Waals surface area contributed by atoms with Gasteiger partial charge < -0.3 is 9.32 Å². The Bertz CT molecular complexity index is 892. The fourth-order valence-corrected chi connectivity index (χ4v) is 2.91. The van der Waals surface area contributed by atoms with E-state index in [9.17, 15) is 9.59 Å². The van der Waals surface area contributed by atoms with Crippen LogP contribution in [0.4, 0.5) is 4.79 Å². The van der Waals surface area contributed by atoms with Crippen molar-refractivity contribution in [1.29, 1.82) is 0 Å². The lowest BCUT2D eigenvalue weighted by atomic mass is 9.88. The molecule has 1 aromatic heterocycles. The molecule has 0 atom stereocenters. The second kappa shape index (κ2) is 7.68. The second-order valence-corrected chi connectivity index (χ2v) is 7.99. The largest absolute Gasteiger partial charge is 0.435 e. The van der Waals surface area contributed by atoms with Crippen LogP contribution in [-0.2, 0) is 9.63 Å². The van der Waals surface area contributed by atoms with Crippen LogP contribution in [0.5, 0.6) is 0 Å². The molecule has 8 heteroatoms. The molecule has 2 aromatic rings. The summed E-state index contributed by atoms with van der Waals surface area (Å²) in [6, 6.07) is 4.96. The van der Waals surface area contributed by atoms with E-state index in [1.165, 1.54) is 0 Å². The predicted molar refractivity (Wildman–Crippen MR) is 102 cm³/mol. The van der Waals surface area contributed by atoms with Crippen molar-refractivity contribution in [3.63, 3.8) is 0 Å². The molecule has 0 unspecified atom stereocenters. The molecule has 0 spiro atoms. The predicted octanol–water partition coefficient (Wildman–Crippen LogP) is 4.42. The quantitative estimate of drug-likeness (QED) is 0.439. The first-order valence-corrected chi connectivity index (χ1v) is 9.29. The number of carbonyl (C=O) groups is 2. The van der Waals surface area contributed by atoms with E-state index in [1.807, 2.05) is 0 Å². The maximum atomic E-state index is 12.8. The van der Waals surface area contributed by atoms with Crippen molar-refractivity contribution >= 4 is 40.3 Å². The molecule has 27 heavy (non-hydrogen) atoms. The Morgan fingerprint density at radius 3 is 2.59 bits per heavy atom. The first kappa shape index (κ1) is 19.4. The Labute approximate surface area is 162 Å². The van der Waals surface area contributed by atoms with Gasteiger partial charge in [-0.25, -0.2) is 9.78 Å². The Morgan fingerprint density at radius 2 is 1.93 bits per heavy atom. The third-order valence-corrected chi connectivity index (χ3v) is 4.51. The molecule has 1 aliphatic rings. The van der Waals surface area contributed by atoms with E-state index in [1.54, 1.807) is 43.9 Å². The fraction of sp³-hybridized carbons (Fsp3) is 0.474. The lowest BCUT2D eigenvalue weighted by Gasteiger charge is -2.24. The summed E-state index contributed by atoms with van der Waals surface area (Å²) in [4.78, 5) is 36.0. The Hall–Kier alpha value is -2.41. The number of likely N-dealkylation sites (tertiary alicyclic amines) is 1. The van der Waals surface area contributed by atoms with Crippen LogP contribution in [0.1, 0.15) is 45.9 Å². The average molecular weight is 392 g/mol. The number of carbonyl (C=O) groups excluding carboxylic acids is 2. The lowest BCUT2D eigenvalue weighted by molar-refractivity contribution is -0.119. The molecule has 1 amide bonds. The molecule has 0 saturated carbocycles. The molecular formula is C19H22ClN3O4. The van der Waals surface area contributed by atoms with E-state index in [2.05, 4.69) is 10.1 Å². The molecule has 0 radical (unpaired) electrons. The van der Waals surface area contributed by atoms with Crippen molar-refractivity contribution in [2.45, 2.75) is 40.0 Å². The third kappa shape index (κ3) is 4.47. The van der Waals surface area contributed by atoms with E-state index in [-0.39, 0.29) is 17.4 Å². The Balaban J connectivity index is 1.92. The number of oxazole rings is 1. The van der Waals surface area contributed by atoms with Gasteiger partial charge in [0, 0.05) is 29.6 Å². The summed E-state index contributed by atoms with van der Waals surface area (Å²) in [5.41, 5.74) is 0.0786. The lowest BCUT2D eigenvalue weighted by Crippen LogP contribution is -2.36. The molecule has 1 aliphatic heterocycles. The van der Waals surface area contributed by atoms with Crippen LogP contribution in [0.25, 0.3) is 11.1 Å². The van der Waals surface area contributed by atoms with Crippen molar-refractivity contribution in [3.8, 4) is 0 Å². The minimum Gasteiger partial charge on any atom is -0.434 e. The maximum absolute atomic E-state index is 12.8. The SMILES string of the molecule is CC(C)(C)C(=O)C(=NOC(=O)N1CCCCC1)c1nc2ccc(Cl)cc2o1. The van der Waals surface area contributed by atoms with E-state index >= 15 is 0 Å². The zero-order valence-electron chi connectivity index (χ0n) is 15.6. The maximum Gasteiger partial charge on any atom is 0.435 e. The normalized spacial score (nSPS) is 15.9. The van der Waals surface area contributed by atoms with Crippen LogP contribution in [0, 0.1) is 5.41 Å². The highest BCUT2D eigenvalue weighted by Crippen LogP contribution is 2.24. The van der Waals surface area contributed by atoms with Gasteiger partial charge in [-0.3, -0.25) is 9.63 Å². The van der Waals surface area contributed by atoms with Gasteiger partial charge in [0.25, 0.3) is 5.89 Å². The van der Waals surface area contributed by atoms with Gasteiger partial charge in [0.15, 0.2) is 11.4 Å². The monoisotopic (exact) mass is 391 g/mol. The molecule has 144 valence electrons. The topological polar surface area (TPSA) is 85.0 Å². The number of benzene rings is 1. The number of piperidine rings is 1. The minimum atomic E-state index is -0.755. The van der Waals surface area contributed by atoms with Gasteiger partial charge in [-0.2, -0.15) is 0 Å². The summed E-state index contributed by atoms with van der Waals surface area (Å²) in [5.74, 6) is -0.342. The molecule has 0 aliphatic carbocycles. The number of halogens is 1. The molecule has 3 rings (SSSR count). The number of nitrogens with zero attached hydrogens (tertiary/aromatic N) is 3. The van der Waals surface area contributed by atoms with Crippen molar-refractivity contribution in [1.82, 2.24) is 9.88 Å². The van der Waals surface area contributed by atoms with Gasteiger partial charge in [0.1, 0.15) is 5.52 Å². The van der Waals surface area contributed by atoms with E-state index in [0.717, 1.165) is 19.3 Å². The zero-order valence-corrected chi connectivity index (χ0v) is 16.4. The van der Waals surface area contributed by atoms with E-state index in [0.29, 0.717) is 29.2 Å². The number of Topliss-reactive ketones (excluding diaryl/α,β-unsaturated/α-hetero) is 1. The number of rotatable bonds is 3. The molecular weight excluding hydrogens is 370 g/mol. The third-order valence-electron chi connectivity index (χ3n) is 4.28. The first-order valence-electron chi connectivity index (χ1n) is 8.91. The number of aromatic nitrogens is 1. The van der Waals surface area contributed by atoms with Crippen LogP contribution in [0.3, 0.4) is 0 Å². The van der Waals surface area contributed by atoms with Crippen molar-refractivity contribution in [2.24, 2.45) is 10.6 Å². The van der Waals surface area contributed by atoms with Gasteiger partial charge in [-0.05, 0) is 31.4 Å². The van der Waals surface area contributed by atoms with Crippen LogP contribution < -0.4 is 0 Å². The Morgan fingerprint density at radius 1 is 1.22 bits per heavy atom. The van der Waals surface area contributed by atoms with Crippen LogP contribution in [0.15, 0.2) is 27.8 Å². The Kier molecular flexibility index (Phi) is 5.51. The number of hydrogen-bond donors (Lipinski definition) is 0. The second-order valence-electron chi connectivity index (χ2n) is 7.55. The van der Waals surface area contributed by atoms with Gasteiger partial charge in [0.05, 0.1) is 0 Å². The van der Waals surface area contributed by atoms with Crippen molar-refractivity contribution in [3.05, 3.63) is 29.1 Å². The number of amides is 1. The molecule has 1 aromatic carbocycles. The average Bonchev–Trinajstić information content (AvgIpc) is 3.04. The number of fused-ring (bicyclic) bond motifs is 1.